The van der Waals surface area contributed by atoms with Gasteiger partial charge in [0.25, 0.3) is 0 Å². The number of rotatable bonds is 2. The molecule has 0 aromatic rings. The Morgan fingerprint density at radius 3 is 2.42 bits per heavy atom. The number of hydrogen-bond donors (Lipinski definition) is 2. The number of amides is 2. The average molecular weight is 266 g/mol. The maximum Gasteiger partial charge on any atom is 0.318 e. The molecule has 3 rings (SSSR count). The zero-order chi connectivity index (χ0) is 13.4. The van der Waals surface area contributed by atoms with Gasteiger partial charge in [-0.15, -0.1) is 0 Å². The van der Waals surface area contributed by atoms with Gasteiger partial charge in [0.05, 0.1) is 5.92 Å². The van der Waals surface area contributed by atoms with Gasteiger partial charge >= 0.3 is 12.0 Å². The Hall–Kier alpha value is -1.26. The van der Waals surface area contributed by atoms with Crippen molar-refractivity contribution in [1.82, 2.24) is 10.2 Å². The molecule has 2 amide bonds. The summed E-state index contributed by atoms with van der Waals surface area (Å²) in [5, 5.41) is 12.3. The van der Waals surface area contributed by atoms with E-state index in [0.29, 0.717) is 12.5 Å². The summed E-state index contributed by atoms with van der Waals surface area (Å²) in [6.45, 7) is 0. The van der Waals surface area contributed by atoms with E-state index < -0.39 is 5.97 Å². The molecule has 0 aromatic carbocycles. The number of carboxylic acids is 1. The highest BCUT2D eigenvalue weighted by molar-refractivity contribution is 5.79. The highest BCUT2D eigenvalue weighted by Crippen LogP contribution is 2.41. The van der Waals surface area contributed by atoms with E-state index in [0.717, 1.165) is 25.7 Å². The Kier molecular flexibility index (Phi) is 3.37. The van der Waals surface area contributed by atoms with E-state index in [2.05, 4.69) is 5.32 Å². The van der Waals surface area contributed by atoms with Crippen LogP contribution in [0.5, 0.6) is 0 Å². The molecule has 5 heteroatoms. The Bertz CT molecular complexity index is 379. The van der Waals surface area contributed by atoms with Gasteiger partial charge in [0.15, 0.2) is 0 Å². The summed E-state index contributed by atoms with van der Waals surface area (Å²) in [7, 11) is 0. The Balaban J connectivity index is 1.62. The molecule has 0 radical (unpaired) electrons. The van der Waals surface area contributed by atoms with E-state index in [1.165, 1.54) is 19.3 Å². The minimum atomic E-state index is -0.748. The Morgan fingerprint density at radius 2 is 1.79 bits per heavy atom. The number of nitrogens with one attached hydrogen (secondary N) is 1. The number of nitrogens with zero attached hydrogens (tertiary/aromatic N) is 1. The fourth-order valence-electron chi connectivity index (χ4n) is 4.07. The molecule has 2 aliphatic heterocycles. The molecular formula is C14H22N2O3. The summed E-state index contributed by atoms with van der Waals surface area (Å²) < 4.78 is 0. The van der Waals surface area contributed by atoms with Crippen molar-refractivity contribution in [1.29, 1.82) is 0 Å². The third-order valence-electron chi connectivity index (χ3n) is 5.02. The molecule has 5 nitrogen and oxygen atoms in total. The first-order chi connectivity index (χ1) is 9.16. The van der Waals surface area contributed by atoms with Crippen molar-refractivity contribution < 1.29 is 14.7 Å². The van der Waals surface area contributed by atoms with Crippen molar-refractivity contribution >= 4 is 12.0 Å². The van der Waals surface area contributed by atoms with Gasteiger partial charge in [-0.05, 0) is 32.1 Å². The zero-order valence-electron chi connectivity index (χ0n) is 11.2. The number of carbonyl (C=O) groups excluding carboxylic acids is 1. The topological polar surface area (TPSA) is 69.6 Å². The maximum atomic E-state index is 12.4. The first-order valence-electron chi connectivity index (χ1n) is 7.48. The van der Waals surface area contributed by atoms with Crippen LogP contribution in [-0.2, 0) is 4.79 Å². The van der Waals surface area contributed by atoms with Crippen LogP contribution in [0.25, 0.3) is 0 Å². The largest absolute Gasteiger partial charge is 0.481 e. The van der Waals surface area contributed by atoms with Gasteiger partial charge in [0, 0.05) is 18.1 Å². The molecular weight excluding hydrogens is 244 g/mol. The fourth-order valence-corrected chi connectivity index (χ4v) is 4.07. The van der Waals surface area contributed by atoms with Crippen LogP contribution in [0, 0.1) is 5.92 Å². The van der Waals surface area contributed by atoms with Crippen LogP contribution in [0.3, 0.4) is 0 Å². The minimum absolute atomic E-state index is 0.0249. The molecule has 3 unspecified atom stereocenters. The van der Waals surface area contributed by atoms with Crippen LogP contribution in [0.1, 0.15) is 51.4 Å². The lowest BCUT2D eigenvalue weighted by molar-refractivity contribution is -0.142. The van der Waals surface area contributed by atoms with Crippen LogP contribution in [0.15, 0.2) is 0 Å². The van der Waals surface area contributed by atoms with Crippen LogP contribution >= 0.6 is 0 Å². The van der Waals surface area contributed by atoms with Crippen molar-refractivity contribution in [2.45, 2.75) is 69.5 Å². The maximum absolute atomic E-state index is 12.4. The molecule has 19 heavy (non-hydrogen) atoms. The van der Waals surface area contributed by atoms with E-state index >= 15 is 0 Å². The number of fused-ring (bicyclic) bond motifs is 2. The van der Waals surface area contributed by atoms with Gasteiger partial charge in [0.1, 0.15) is 0 Å². The Labute approximate surface area is 113 Å². The summed E-state index contributed by atoms with van der Waals surface area (Å²) in [4.78, 5) is 25.4. The molecule has 3 atom stereocenters. The lowest BCUT2D eigenvalue weighted by atomic mass is 9.89. The number of urea groups is 1. The second kappa shape index (κ2) is 5.02. The normalized spacial score (nSPS) is 34.5. The summed E-state index contributed by atoms with van der Waals surface area (Å²) in [6, 6.07) is 0.341. The van der Waals surface area contributed by atoms with Crippen molar-refractivity contribution in [3.8, 4) is 0 Å². The first kappa shape index (κ1) is 12.8. The Morgan fingerprint density at radius 1 is 1.05 bits per heavy atom. The average Bonchev–Trinajstić information content (AvgIpc) is 2.97. The number of carbonyl (C=O) groups is 2. The number of hydrogen-bond acceptors (Lipinski definition) is 2. The van der Waals surface area contributed by atoms with Gasteiger partial charge in [-0.2, -0.15) is 0 Å². The van der Waals surface area contributed by atoms with Crippen molar-refractivity contribution in [2.24, 2.45) is 5.92 Å². The predicted molar refractivity (Wildman–Crippen MR) is 69.8 cm³/mol. The highest BCUT2D eigenvalue weighted by atomic mass is 16.4. The van der Waals surface area contributed by atoms with E-state index in [-0.39, 0.29) is 24.0 Å². The second-order valence-electron chi connectivity index (χ2n) is 6.17. The minimum Gasteiger partial charge on any atom is -0.481 e. The van der Waals surface area contributed by atoms with E-state index in [1.807, 2.05) is 4.90 Å². The molecule has 0 aromatic heterocycles. The van der Waals surface area contributed by atoms with Crippen LogP contribution in [0.4, 0.5) is 4.79 Å². The standard InChI is InChI=1S/C14H22N2O3/c17-13(18)11-8-10-6-7-12(11)16(10)14(19)15-9-4-2-1-3-5-9/h9-12H,1-8H2,(H,15,19)(H,17,18). The van der Waals surface area contributed by atoms with E-state index in [1.54, 1.807) is 0 Å². The monoisotopic (exact) mass is 266 g/mol. The highest BCUT2D eigenvalue weighted by Gasteiger charge is 2.51. The van der Waals surface area contributed by atoms with Crippen molar-refractivity contribution in [3.05, 3.63) is 0 Å². The summed E-state index contributed by atoms with van der Waals surface area (Å²) >= 11 is 0. The third kappa shape index (κ3) is 2.30. The molecule has 3 fully saturated rings. The third-order valence-corrected chi connectivity index (χ3v) is 5.02. The molecule has 1 saturated carbocycles. The molecule has 0 spiro atoms. The molecule has 2 heterocycles. The van der Waals surface area contributed by atoms with Crippen LogP contribution in [-0.4, -0.2) is 40.1 Å². The van der Waals surface area contributed by atoms with Crippen molar-refractivity contribution in [3.63, 3.8) is 0 Å². The van der Waals surface area contributed by atoms with Gasteiger partial charge in [-0.3, -0.25) is 4.79 Å². The van der Waals surface area contributed by atoms with Crippen LogP contribution in [0.2, 0.25) is 0 Å². The van der Waals surface area contributed by atoms with E-state index in [4.69, 9.17) is 0 Å². The molecule has 2 saturated heterocycles. The lowest BCUT2D eigenvalue weighted by Crippen LogP contribution is -2.48. The molecule has 106 valence electrons. The van der Waals surface area contributed by atoms with E-state index in [9.17, 15) is 14.7 Å². The summed E-state index contributed by atoms with van der Waals surface area (Å²) in [6.07, 6.45) is 8.23. The molecule has 1 aliphatic carbocycles. The number of carboxylic acid groups (broad SMARTS) is 1. The lowest BCUT2D eigenvalue weighted by Gasteiger charge is -2.28. The molecule has 3 aliphatic rings. The smallest absolute Gasteiger partial charge is 0.318 e. The SMILES string of the molecule is O=C(O)C1CC2CCC1N2C(=O)NC1CCCCC1. The summed E-state index contributed by atoms with van der Waals surface area (Å²) in [5.74, 6) is -1.10. The number of aliphatic carboxylic acids is 1. The van der Waals surface area contributed by atoms with Crippen LogP contribution < -0.4 is 5.32 Å². The molecule has 2 N–H and O–H groups in total. The quantitative estimate of drug-likeness (QED) is 0.802. The van der Waals surface area contributed by atoms with Crippen molar-refractivity contribution in [2.75, 3.05) is 0 Å². The first-order valence-corrected chi connectivity index (χ1v) is 7.48. The van der Waals surface area contributed by atoms with Gasteiger partial charge in [-0.1, -0.05) is 19.3 Å². The van der Waals surface area contributed by atoms with Gasteiger partial charge < -0.3 is 15.3 Å². The zero-order valence-corrected chi connectivity index (χ0v) is 11.2. The van der Waals surface area contributed by atoms with Gasteiger partial charge in [0.2, 0.25) is 0 Å². The predicted octanol–water partition coefficient (Wildman–Crippen LogP) is 1.97. The second-order valence-corrected chi connectivity index (χ2v) is 6.17. The fraction of sp³-hybridized carbons (Fsp3) is 0.857. The summed E-state index contributed by atoms with van der Waals surface area (Å²) in [5.41, 5.74) is 0. The molecule has 2 bridgehead atoms. The van der Waals surface area contributed by atoms with Gasteiger partial charge in [-0.25, -0.2) is 4.79 Å².